The molecule has 0 amide bonds. The van der Waals surface area contributed by atoms with Gasteiger partial charge in [-0.1, -0.05) is 31.5 Å². The smallest absolute Gasteiger partial charge is 0.122 e. The van der Waals surface area contributed by atoms with Crippen LogP contribution in [0.1, 0.15) is 30.9 Å². The minimum Gasteiger partial charge on any atom is -0.494 e. The third-order valence-corrected chi connectivity index (χ3v) is 3.63. The van der Waals surface area contributed by atoms with Gasteiger partial charge in [0.05, 0.1) is 6.61 Å². The monoisotopic (exact) mass is 313 g/mol. The van der Waals surface area contributed by atoms with Crippen molar-refractivity contribution in [3.05, 3.63) is 53.6 Å². The van der Waals surface area contributed by atoms with Crippen molar-refractivity contribution in [3.8, 4) is 11.5 Å². The van der Waals surface area contributed by atoms with E-state index < -0.39 is 0 Å². The minimum absolute atomic E-state index is 0.630. The minimum atomic E-state index is 0.630. The number of hydrogen-bond acceptors (Lipinski definition) is 3. The lowest BCUT2D eigenvalue weighted by atomic mass is 10.1. The Morgan fingerprint density at radius 3 is 2.65 bits per heavy atom. The molecule has 0 aliphatic heterocycles. The Morgan fingerprint density at radius 1 is 0.957 bits per heavy atom. The molecule has 1 N–H and O–H groups in total. The molecule has 23 heavy (non-hydrogen) atoms. The molecular weight excluding hydrogens is 286 g/mol. The van der Waals surface area contributed by atoms with Gasteiger partial charge in [-0.15, -0.1) is 0 Å². The quantitative estimate of drug-likeness (QED) is 0.663. The highest BCUT2D eigenvalue weighted by molar-refractivity contribution is 5.48. The molecule has 3 heteroatoms. The van der Waals surface area contributed by atoms with Crippen LogP contribution < -0.4 is 14.8 Å². The summed E-state index contributed by atoms with van der Waals surface area (Å²) in [5, 5.41) is 3.37. The largest absolute Gasteiger partial charge is 0.494 e. The highest BCUT2D eigenvalue weighted by atomic mass is 16.5. The number of ether oxygens (including phenoxy) is 2. The summed E-state index contributed by atoms with van der Waals surface area (Å²) in [6.07, 6.45) is 2.23. The Balaban J connectivity index is 1.77. The zero-order valence-electron chi connectivity index (χ0n) is 14.4. The fourth-order valence-electron chi connectivity index (χ4n) is 2.25. The lowest BCUT2D eigenvalue weighted by Gasteiger charge is -2.12. The summed E-state index contributed by atoms with van der Waals surface area (Å²) >= 11 is 0. The molecule has 0 saturated heterocycles. The number of aryl methyl sites for hydroxylation is 2. The number of nitrogens with one attached hydrogen (secondary N) is 1. The number of benzene rings is 2. The van der Waals surface area contributed by atoms with Crippen molar-refractivity contribution in [2.24, 2.45) is 0 Å². The second-order valence-corrected chi connectivity index (χ2v) is 5.77. The van der Waals surface area contributed by atoms with Gasteiger partial charge in [0.25, 0.3) is 0 Å². The maximum absolute atomic E-state index is 5.86. The van der Waals surface area contributed by atoms with Crippen LogP contribution in [0.15, 0.2) is 42.5 Å². The Hall–Kier alpha value is -2.16. The van der Waals surface area contributed by atoms with Crippen molar-refractivity contribution in [2.45, 2.75) is 33.6 Å². The van der Waals surface area contributed by atoms with E-state index in [-0.39, 0.29) is 0 Å². The summed E-state index contributed by atoms with van der Waals surface area (Å²) < 4.78 is 11.6. The van der Waals surface area contributed by atoms with E-state index in [1.165, 1.54) is 11.1 Å². The predicted octanol–water partition coefficient (Wildman–Crippen LogP) is 4.97. The molecule has 0 aliphatic carbocycles. The van der Waals surface area contributed by atoms with Gasteiger partial charge in [0.1, 0.15) is 18.1 Å². The molecule has 2 rings (SSSR count). The van der Waals surface area contributed by atoms with E-state index in [2.05, 4.69) is 44.3 Å². The molecule has 0 unspecified atom stereocenters. The Kier molecular flexibility index (Phi) is 6.79. The van der Waals surface area contributed by atoms with Crippen molar-refractivity contribution < 1.29 is 9.47 Å². The van der Waals surface area contributed by atoms with E-state index in [1.807, 2.05) is 24.3 Å². The van der Waals surface area contributed by atoms with Crippen LogP contribution >= 0.6 is 0 Å². The molecule has 0 atom stereocenters. The van der Waals surface area contributed by atoms with Crippen LogP contribution in [-0.2, 0) is 0 Å². The van der Waals surface area contributed by atoms with Crippen LogP contribution in [-0.4, -0.2) is 19.8 Å². The van der Waals surface area contributed by atoms with Gasteiger partial charge in [0.2, 0.25) is 0 Å². The Labute approximate surface area is 139 Å². The van der Waals surface area contributed by atoms with E-state index in [9.17, 15) is 0 Å². The molecule has 0 aromatic heterocycles. The van der Waals surface area contributed by atoms with Gasteiger partial charge in [-0.2, -0.15) is 0 Å². The molecule has 2 aromatic rings. The summed E-state index contributed by atoms with van der Waals surface area (Å²) in [4.78, 5) is 0. The fourth-order valence-corrected chi connectivity index (χ4v) is 2.25. The first-order valence-corrected chi connectivity index (χ1v) is 8.36. The zero-order chi connectivity index (χ0) is 16.5. The summed E-state index contributed by atoms with van der Waals surface area (Å²) in [7, 11) is 0. The van der Waals surface area contributed by atoms with Gasteiger partial charge in [0.15, 0.2) is 0 Å². The maximum atomic E-state index is 5.86. The molecule has 124 valence electrons. The first kappa shape index (κ1) is 17.2. The molecule has 0 radical (unpaired) electrons. The SMILES string of the molecule is CCCCOc1cccc(NCCOc2cc(C)ccc2C)c1. The molecule has 2 aromatic carbocycles. The molecule has 0 saturated carbocycles. The number of rotatable bonds is 9. The predicted molar refractivity (Wildman–Crippen MR) is 96.7 cm³/mol. The van der Waals surface area contributed by atoms with Crippen LogP contribution in [0.3, 0.4) is 0 Å². The van der Waals surface area contributed by atoms with Gasteiger partial charge in [-0.3, -0.25) is 0 Å². The molecule has 0 spiro atoms. The van der Waals surface area contributed by atoms with Crippen LogP contribution in [0.25, 0.3) is 0 Å². The van der Waals surface area contributed by atoms with Gasteiger partial charge in [-0.05, 0) is 49.6 Å². The van der Waals surface area contributed by atoms with Crippen LogP contribution in [0.5, 0.6) is 11.5 Å². The molecular formula is C20H27NO2. The van der Waals surface area contributed by atoms with Crippen molar-refractivity contribution in [3.63, 3.8) is 0 Å². The summed E-state index contributed by atoms with van der Waals surface area (Å²) in [5.74, 6) is 1.88. The molecule has 0 aliphatic rings. The molecule has 0 heterocycles. The highest BCUT2D eigenvalue weighted by Crippen LogP contribution is 2.20. The van der Waals surface area contributed by atoms with E-state index in [0.29, 0.717) is 6.61 Å². The van der Waals surface area contributed by atoms with Gasteiger partial charge < -0.3 is 14.8 Å². The van der Waals surface area contributed by atoms with Crippen LogP contribution in [0, 0.1) is 13.8 Å². The maximum Gasteiger partial charge on any atom is 0.122 e. The second kappa shape index (κ2) is 9.09. The summed E-state index contributed by atoms with van der Waals surface area (Å²) in [6, 6.07) is 14.4. The van der Waals surface area contributed by atoms with Gasteiger partial charge in [-0.25, -0.2) is 0 Å². The third kappa shape index (κ3) is 5.85. The zero-order valence-corrected chi connectivity index (χ0v) is 14.4. The first-order valence-electron chi connectivity index (χ1n) is 8.36. The first-order chi connectivity index (χ1) is 11.2. The van der Waals surface area contributed by atoms with Crippen LogP contribution in [0.2, 0.25) is 0 Å². The van der Waals surface area contributed by atoms with Crippen molar-refractivity contribution in [1.82, 2.24) is 0 Å². The second-order valence-electron chi connectivity index (χ2n) is 5.77. The van der Waals surface area contributed by atoms with E-state index in [1.54, 1.807) is 0 Å². The molecule has 3 nitrogen and oxygen atoms in total. The van der Waals surface area contributed by atoms with Crippen LogP contribution in [0.4, 0.5) is 5.69 Å². The number of unbranched alkanes of at least 4 members (excludes halogenated alkanes) is 1. The topological polar surface area (TPSA) is 30.5 Å². The molecule has 0 bridgehead atoms. The fraction of sp³-hybridized carbons (Fsp3) is 0.400. The number of anilines is 1. The van der Waals surface area contributed by atoms with Gasteiger partial charge in [0, 0.05) is 18.3 Å². The van der Waals surface area contributed by atoms with Crippen molar-refractivity contribution in [2.75, 3.05) is 25.1 Å². The average molecular weight is 313 g/mol. The average Bonchev–Trinajstić information content (AvgIpc) is 2.55. The highest BCUT2D eigenvalue weighted by Gasteiger charge is 2.00. The van der Waals surface area contributed by atoms with E-state index in [4.69, 9.17) is 9.47 Å². The van der Waals surface area contributed by atoms with E-state index in [0.717, 1.165) is 43.2 Å². The lowest BCUT2D eigenvalue weighted by Crippen LogP contribution is -2.12. The molecule has 0 fully saturated rings. The third-order valence-electron chi connectivity index (χ3n) is 3.63. The van der Waals surface area contributed by atoms with Crippen molar-refractivity contribution in [1.29, 1.82) is 0 Å². The normalized spacial score (nSPS) is 10.4. The Bertz CT molecular complexity index is 610. The van der Waals surface area contributed by atoms with E-state index >= 15 is 0 Å². The van der Waals surface area contributed by atoms with Crippen molar-refractivity contribution >= 4 is 5.69 Å². The summed E-state index contributed by atoms with van der Waals surface area (Å²) in [6.45, 7) is 8.47. The Morgan fingerprint density at radius 2 is 1.83 bits per heavy atom. The van der Waals surface area contributed by atoms with Gasteiger partial charge >= 0.3 is 0 Å². The lowest BCUT2D eigenvalue weighted by molar-refractivity contribution is 0.309. The summed E-state index contributed by atoms with van der Waals surface area (Å²) in [5.41, 5.74) is 3.45. The standard InChI is InChI=1S/C20H27NO2/c1-4-5-12-22-19-8-6-7-18(15-19)21-11-13-23-20-14-16(2)9-10-17(20)3/h6-10,14-15,21H,4-5,11-13H2,1-3H3. The number of hydrogen-bond donors (Lipinski definition) is 1.